The van der Waals surface area contributed by atoms with Gasteiger partial charge in [-0.15, -0.1) is 0 Å². The summed E-state index contributed by atoms with van der Waals surface area (Å²) in [5.74, 6) is 0. The molecule has 1 unspecified atom stereocenters. The zero-order valence-electron chi connectivity index (χ0n) is 8.55. The molecule has 0 bridgehead atoms. The molecule has 1 rings (SSSR count). The van der Waals surface area contributed by atoms with Crippen molar-refractivity contribution < 1.29 is 0 Å². The van der Waals surface area contributed by atoms with Crippen molar-refractivity contribution in [2.75, 3.05) is 13.6 Å². The quantitative estimate of drug-likeness (QED) is 0.722. The third-order valence-electron chi connectivity index (χ3n) is 2.31. The summed E-state index contributed by atoms with van der Waals surface area (Å²) >= 11 is 4.92. The van der Waals surface area contributed by atoms with Crippen molar-refractivity contribution in [3.63, 3.8) is 0 Å². The molecule has 0 aliphatic rings. The van der Waals surface area contributed by atoms with E-state index in [0.717, 1.165) is 13.1 Å². The fourth-order valence-corrected chi connectivity index (χ4v) is 1.28. The highest BCUT2D eigenvalue weighted by atomic mass is 32.1. The zero-order valence-corrected chi connectivity index (χ0v) is 9.37. The number of aromatic nitrogens is 2. The van der Waals surface area contributed by atoms with Crippen molar-refractivity contribution in [2.24, 2.45) is 5.73 Å². The number of nitrogens with two attached hydrogens (primary N) is 1. The van der Waals surface area contributed by atoms with E-state index in [4.69, 9.17) is 18.0 Å². The molecule has 1 atom stereocenters. The molecule has 0 aromatic carbocycles. The third kappa shape index (κ3) is 3.08. The number of thiocarbonyl (C=S) groups is 1. The monoisotopic (exact) mass is 212 g/mol. The highest BCUT2D eigenvalue weighted by molar-refractivity contribution is 7.80. The first kappa shape index (κ1) is 11.1. The van der Waals surface area contributed by atoms with Gasteiger partial charge < -0.3 is 5.73 Å². The summed E-state index contributed by atoms with van der Waals surface area (Å²) in [6.45, 7) is 3.75. The Morgan fingerprint density at radius 3 is 2.93 bits per heavy atom. The van der Waals surface area contributed by atoms with Crippen molar-refractivity contribution in [3.8, 4) is 0 Å². The Balaban J connectivity index is 2.34. The van der Waals surface area contributed by atoms with E-state index in [-0.39, 0.29) is 6.04 Å². The normalized spacial score (nSPS) is 13.1. The van der Waals surface area contributed by atoms with Crippen LogP contribution in [0, 0.1) is 0 Å². The Kier molecular flexibility index (Phi) is 4.03. The summed E-state index contributed by atoms with van der Waals surface area (Å²) < 4.78 is 1.89. The molecule has 0 spiro atoms. The van der Waals surface area contributed by atoms with Gasteiger partial charge in [0, 0.05) is 18.9 Å². The molecule has 0 aliphatic heterocycles. The number of likely N-dealkylation sites (N-methyl/N-ethyl adjacent to an activating group) is 1. The molecule has 4 nitrogen and oxygen atoms in total. The molecule has 14 heavy (non-hydrogen) atoms. The molecule has 0 fully saturated rings. The molecule has 78 valence electrons. The summed E-state index contributed by atoms with van der Waals surface area (Å²) in [5, 5.41) is 4.12. The first-order valence-corrected chi connectivity index (χ1v) is 4.99. The Hall–Kier alpha value is -0.940. The van der Waals surface area contributed by atoms with Gasteiger partial charge in [-0.2, -0.15) is 5.10 Å². The molecular weight excluding hydrogens is 196 g/mol. The molecule has 0 saturated heterocycles. The average Bonchev–Trinajstić information content (AvgIpc) is 2.65. The minimum atomic E-state index is 0.139. The molecular formula is C9H16N4S. The molecule has 2 N–H and O–H groups in total. The Bertz CT molecular complexity index is 283. The minimum Gasteiger partial charge on any atom is -0.392 e. The van der Waals surface area contributed by atoms with Gasteiger partial charge in [-0.3, -0.25) is 9.58 Å². The zero-order chi connectivity index (χ0) is 10.6. The Morgan fingerprint density at radius 2 is 2.43 bits per heavy atom. The van der Waals surface area contributed by atoms with Gasteiger partial charge in [-0.25, -0.2) is 0 Å². The van der Waals surface area contributed by atoms with Crippen LogP contribution in [0.3, 0.4) is 0 Å². The van der Waals surface area contributed by atoms with E-state index < -0.39 is 0 Å². The molecule has 0 saturated carbocycles. The second kappa shape index (κ2) is 5.07. The van der Waals surface area contributed by atoms with Crippen LogP contribution < -0.4 is 5.73 Å². The molecule has 1 heterocycles. The number of nitrogens with zero attached hydrogens (tertiary/aromatic N) is 3. The number of hydrogen-bond donors (Lipinski definition) is 1. The SMILES string of the molecule is CC(C(N)=S)N(C)CCn1cccn1. The van der Waals surface area contributed by atoms with E-state index in [1.165, 1.54) is 0 Å². The van der Waals surface area contributed by atoms with E-state index in [0.29, 0.717) is 4.99 Å². The lowest BCUT2D eigenvalue weighted by Crippen LogP contribution is -2.40. The van der Waals surface area contributed by atoms with Crippen LogP contribution in [0.4, 0.5) is 0 Å². The van der Waals surface area contributed by atoms with Gasteiger partial charge in [0.2, 0.25) is 0 Å². The van der Waals surface area contributed by atoms with Crippen molar-refractivity contribution in [3.05, 3.63) is 18.5 Å². The van der Waals surface area contributed by atoms with E-state index in [9.17, 15) is 0 Å². The molecule has 1 aromatic heterocycles. The molecule has 0 radical (unpaired) electrons. The maximum atomic E-state index is 5.55. The summed E-state index contributed by atoms with van der Waals surface area (Å²) in [6, 6.07) is 2.05. The van der Waals surface area contributed by atoms with Crippen molar-refractivity contribution in [2.45, 2.75) is 19.5 Å². The first-order chi connectivity index (χ1) is 6.61. The maximum Gasteiger partial charge on any atom is 0.0899 e. The lowest BCUT2D eigenvalue weighted by molar-refractivity contribution is 0.292. The number of rotatable bonds is 5. The lowest BCUT2D eigenvalue weighted by atomic mass is 10.3. The minimum absolute atomic E-state index is 0.139. The van der Waals surface area contributed by atoms with E-state index in [2.05, 4.69) is 10.00 Å². The van der Waals surface area contributed by atoms with Crippen LogP contribution in [-0.4, -0.2) is 39.3 Å². The van der Waals surface area contributed by atoms with Gasteiger partial charge in [0.15, 0.2) is 0 Å². The largest absolute Gasteiger partial charge is 0.392 e. The van der Waals surface area contributed by atoms with Crippen LogP contribution in [0.2, 0.25) is 0 Å². The lowest BCUT2D eigenvalue weighted by Gasteiger charge is -2.23. The van der Waals surface area contributed by atoms with E-state index in [1.807, 2.05) is 30.9 Å². The van der Waals surface area contributed by atoms with Gasteiger partial charge in [0.05, 0.1) is 17.6 Å². The standard InChI is InChI=1S/C9H16N4S/c1-8(9(10)14)12(2)6-7-13-5-3-4-11-13/h3-5,8H,6-7H2,1-2H3,(H2,10,14). The van der Waals surface area contributed by atoms with Gasteiger partial charge in [0.25, 0.3) is 0 Å². The fraction of sp³-hybridized carbons (Fsp3) is 0.556. The van der Waals surface area contributed by atoms with E-state index in [1.54, 1.807) is 6.20 Å². The number of hydrogen-bond acceptors (Lipinski definition) is 3. The van der Waals surface area contributed by atoms with Gasteiger partial charge >= 0.3 is 0 Å². The third-order valence-corrected chi connectivity index (χ3v) is 2.66. The van der Waals surface area contributed by atoms with Crippen LogP contribution in [0.25, 0.3) is 0 Å². The summed E-state index contributed by atoms with van der Waals surface area (Å²) in [4.78, 5) is 2.65. The topological polar surface area (TPSA) is 47.1 Å². The summed E-state index contributed by atoms with van der Waals surface area (Å²) in [6.07, 6.45) is 3.72. The van der Waals surface area contributed by atoms with E-state index >= 15 is 0 Å². The average molecular weight is 212 g/mol. The van der Waals surface area contributed by atoms with Crippen molar-refractivity contribution in [1.82, 2.24) is 14.7 Å². The Morgan fingerprint density at radius 1 is 1.71 bits per heavy atom. The van der Waals surface area contributed by atoms with Crippen LogP contribution in [0.1, 0.15) is 6.92 Å². The molecule has 5 heteroatoms. The predicted octanol–water partition coefficient (Wildman–Crippen LogP) is 0.489. The van der Waals surface area contributed by atoms with Crippen molar-refractivity contribution in [1.29, 1.82) is 0 Å². The smallest absolute Gasteiger partial charge is 0.0899 e. The van der Waals surface area contributed by atoms with Crippen LogP contribution in [-0.2, 0) is 6.54 Å². The maximum absolute atomic E-state index is 5.55. The van der Waals surface area contributed by atoms with Crippen LogP contribution >= 0.6 is 12.2 Å². The van der Waals surface area contributed by atoms with Gasteiger partial charge in [0.1, 0.15) is 0 Å². The van der Waals surface area contributed by atoms with Gasteiger partial charge in [-0.1, -0.05) is 12.2 Å². The second-order valence-electron chi connectivity index (χ2n) is 3.33. The molecule has 0 amide bonds. The van der Waals surface area contributed by atoms with Crippen molar-refractivity contribution >= 4 is 17.2 Å². The molecule has 0 aliphatic carbocycles. The molecule has 1 aromatic rings. The van der Waals surface area contributed by atoms with Gasteiger partial charge in [-0.05, 0) is 20.0 Å². The highest BCUT2D eigenvalue weighted by Crippen LogP contribution is 1.96. The summed E-state index contributed by atoms with van der Waals surface area (Å²) in [5.41, 5.74) is 5.55. The Labute approximate surface area is 89.7 Å². The highest BCUT2D eigenvalue weighted by Gasteiger charge is 2.10. The predicted molar refractivity (Wildman–Crippen MR) is 61.1 cm³/mol. The van der Waals surface area contributed by atoms with Crippen LogP contribution in [0.5, 0.6) is 0 Å². The first-order valence-electron chi connectivity index (χ1n) is 4.58. The fourth-order valence-electron chi connectivity index (χ4n) is 1.10. The summed E-state index contributed by atoms with van der Waals surface area (Å²) in [7, 11) is 2.01. The van der Waals surface area contributed by atoms with Crippen LogP contribution in [0.15, 0.2) is 18.5 Å². The second-order valence-corrected chi connectivity index (χ2v) is 3.80.